The molecule has 1 unspecified atom stereocenters. The first kappa shape index (κ1) is 18.9. The van der Waals surface area contributed by atoms with Crippen LogP contribution in [0.25, 0.3) is 6.08 Å². The minimum atomic E-state index is -0.00703. The Morgan fingerprint density at radius 1 is 1.28 bits per heavy atom. The summed E-state index contributed by atoms with van der Waals surface area (Å²) in [4.78, 5) is 14.6. The molecule has 0 saturated heterocycles. The molecule has 3 heteroatoms. The number of aryl methyl sites for hydroxylation is 1. The van der Waals surface area contributed by atoms with Crippen LogP contribution in [0.2, 0.25) is 0 Å². The molecule has 0 heterocycles. The topological polar surface area (TPSA) is 40.5 Å². The smallest absolute Gasteiger partial charge is 0.254 e. The first-order chi connectivity index (χ1) is 12.0. The van der Waals surface area contributed by atoms with Crippen molar-refractivity contribution in [3.63, 3.8) is 0 Å². The normalized spacial score (nSPS) is 11.8. The summed E-state index contributed by atoms with van der Waals surface area (Å²) in [6, 6.07) is 14.1. The largest absolute Gasteiger partial charge is 0.396 e. The number of hydrogen-bond acceptors (Lipinski definition) is 2. The number of hydrogen-bond donors (Lipinski definition) is 1. The second-order valence-corrected chi connectivity index (χ2v) is 6.61. The minimum absolute atomic E-state index is 0.00703. The van der Waals surface area contributed by atoms with Gasteiger partial charge in [0.15, 0.2) is 0 Å². The lowest BCUT2D eigenvalue weighted by Crippen LogP contribution is -2.27. The summed E-state index contributed by atoms with van der Waals surface area (Å²) >= 11 is 0. The molecule has 0 bridgehead atoms. The van der Waals surface area contributed by atoms with Crippen molar-refractivity contribution >= 4 is 12.0 Å². The molecule has 0 saturated carbocycles. The summed E-state index contributed by atoms with van der Waals surface area (Å²) in [6.07, 6.45) is 2.46. The molecule has 0 spiro atoms. The Labute approximate surface area is 150 Å². The van der Waals surface area contributed by atoms with Crippen LogP contribution in [0.4, 0.5) is 0 Å². The van der Waals surface area contributed by atoms with Gasteiger partial charge in [-0.2, -0.15) is 0 Å². The van der Waals surface area contributed by atoms with Crippen molar-refractivity contribution in [2.45, 2.75) is 32.7 Å². The fourth-order valence-corrected chi connectivity index (χ4v) is 2.94. The van der Waals surface area contributed by atoms with E-state index in [1.165, 1.54) is 5.56 Å². The summed E-state index contributed by atoms with van der Waals surface area (Å²) in [7, 11) is 1.82. The van der Waals surface area contributed by atoms with Crippen LogP contribution in [-0.2, 0) is 6.54 Å². The molecule has 1 amide bonds. The zero-order valence-electron chi connectivity index (χ0n) is 15.3. The Morgan fingerprint density at radius 3 is 2.72 bits per heavy atom. The molecular formula is C22H27NO2. The van der Waals surface area contributed by atoms with Crippen LogP contribution in [0.1, 0.15) is 51.9 Å². The monoisotopic (exact) mass is 337 g/mol. The lowest BCUT2D eigenvalue weighted by atomic mass is 9.96. The van der Waals surface area contributed by atoms with E-state index in [4.69, 9.17) is 5.11 Å². The third-order valence-corrected chi connectivity index (χ3v) is 4.51. The Hall–Kier alpha value is -2.39. The Morgan fingerprint density at radius 2 is 2.04 bits per heavy atom. The first-order valence-corrected chi connectivity index (χ1v) is 8.64. The van der Waals surface area contributed by atoms with E-state index in [-0.39, 0.29) is 12.5 Å². The fourth-order valence-electron chi connectivity index (χ4n) is 2.94. The lowest BCUT2D eigenvalue weighted by Gasteiger charge is -2.20. The van der Waals surface area contributed by atoms with Gasteiger partial charge in [-0.05, 0) is 42.0 Å². The van der Waals surface area contributed by atoms with E-state index in [9.17, 15) is 4.79 Å². The van der Waals surface area contributed by atoms with Gasteiger partial charge in [-0.15, -0.1) is 0 Å². The van der Waals surface area contributed by atoms with E-state index in [0.717, 1.165) is 23.1 Å². The van der Waals surface area contributed by atoms with Crippen molar-refractivity contribution in [1.29, 1.82) is 0 Å². The molecule has 25 heavy (non-hydrogen) atoms. The zero-order chi connectivity index (χ0) is 18.4. The predicted octanol–water partition coefficient (Wildman–Crippen LogP) is 4.40. The van der Waals surface area contributed by atoms with Crippen molar-refractivity contribution in [3.05, 3.63) is 76.9 Å². The SMILES string of the molecule is C=Cc1ccc(C)cc1C(=O)N(C)Cc1cccc(C(C)CCO)c1. The molecule has 0 fully saturated rings. The van der Waals surface area contributed by atoms with E-state index < -0.39 is 0 Å². The molecular weight excluding hydrogens is 310 g/mol. The van der Waals surface area contributed by atoms with Crippen molar-refractivity contribution in [2.24, 2.45) is 0 Å². The highest BCUT2D eigenvalue weighted by Gasteiger charge is 2.16. The average molecular weight is 337 g/mol. The van der Waals surface area contributed by atoms with Gasteiger partial charge in [0.2, 0.25) is 0 Å². The van der Waals surface area contributed by atoms with Crippen molar-refractivity contribution in [3.8, 4) is 0 Å². The van der Waals surface area contributed by atoms with Gasteiger partial charge >= 0.3 is 0 Å². The van der Waals surface area contributed by atoms with Crippen LogP contribution in [0.5, 0.6) is 0 Å². The third kappa shape index (κ3) is 4.80. The van der Waals surface area contributed by atoms with Gasteiger partial charge in [0.05, 0.1) is 0 Å². The van der Waals surface area contributed by atoms with Crippen LogP contribution < -0.4 is 0 Å². The summed E-state index contributed by atoms with van der Waals surface area (Å²) < 4.78 is 0. The lowest BCUT2D eigenvalue weighted by molar-refractivity contribution is 0.0785. The molecule has 1 atom stereocenters. The highest BCUT2D eigenvalue weighted by molar-refractivity contribution is 5.97. The molecule has 2 rings (SSSR count). The summed E-state index contributed by atoms with van der Waals surface area (Å²) in [5, 5.41) is 9.12. The Kier molecular flexibility index (Phi) is 6.54. The second-order valence-electron chi connectivity index (χ2n) is 6.61. The quantitative estimate of drug-likeness (QED) is 0.814. The minimum Gasteiger partial charge on any atom is -0.396 e. The van der Waals surface area contributed by atoms with Gasteiger partial charge in [-0.1, -0.05) is 61.5 Å². The fraction of sp³-hybridized carbons (Fsp3) is 0.318. The summed E-state index contributed by atoms with van der Waals surface area (Å²) in [5.41, 5.74) is 4.87. The maximum Gasteiger partial charge on any atom is 0.254 e. The molecule has 0 aliphatic heterocycles. The van der Waals surface area contributed by atoms with Crippen LogP contribution in [0.3, 0.4) is 0 Å². The number of rotatable bonds is 7. The van der Waals surface area contributed by atoms with Crippen LogP contribution >= 0.6 is 0 Å². The number of nitrogens with zero attached hydrogens (tertiary/aromatic N) is 1. The van der Waals surface area contributed by atoms with E-state index in [2.05, 4.69) is 25.6 Å². The number of aliphatic hydroxyl groups excluding tert-OH is 1. The van der Waals surface area contributed by atoms with Crippen molar-refractivity contribution in [2.75, 3.05) is 13.7 Å². The first-order valence-electron chi connectivity index (χ1n) is 8.64. The molecule has 0 aliphatic carbocycles. The van der Waals surface area contributed by atoms with Crippen LogP contribution in [0.15, 0.2) is 49.0 Å². The maximum atomic E-state index is 12.8. The van der Waals surface area contributed by atoms with Crippen molar-refractivity contribution < 1.29 is 9.90 Å². The molecule has 0 aromatic heterocycles. The van der Waals surface area contributed by atoms with Gasteiger partial charge in [0, 0.05) is 25.8 Å². The zero-order valence-corrected chi connectivity index (χ0v) is 15.3. The molecule has 2 aromatic rings. The van der Waals surface area contributed by atoms with Gasteiger partial charge < -0.3 is 10.0 Å². The van der Waals surface area contributed by atoms with Gasteiger partial charge in [0.1, 0.15) is 0 Å². The summed E-state index contributed by atoms with van der Waals surface area (Å²) in [6.45, 7) is 8.62. The number of benzene rings is 2. The molecule has 0 aliphatic rings. The van der Waals surface area contributed by atoms with Crippen LogP contribution in [-0.4, -0.2) is 29.6 Å². The molecule has 1 N–H and O–H groups in total. The van der Waals surface area contributed by atoms with Crippen molar-refractivity contribution in [1.82, 2.24) is 4.90 Å². The highest BCUT2D eigenvalue weighted by Crippen LogP contribution is 2.21. The van der Waals surface area contributed by atoms with E-state index in [1.54, 1.807) is 11.0 Å². The van der Waals surface area contributed by atoms with E-state index in [1.807, 2.05) is 44.3 Å². The number of carbonyl (C=O) groups is 1. The summed E-state index contributed by atoms with van der Waals surface area (Å²) in [5.74, 6) is 0.294. The van der Waals surface area contributed by atoms with E-state index >= 15 is 0 Å². The van der Waals surface area contributed by atoms with Gasteiger partial charge in [0.25, 0.3) is 5.91 Å². The number of carbonyl (C=O) groups excluding carboxylic acids is 1. The molecule has 132 valence electrons. The number of amides is 1. The Bertz CT molecular complexity index is 751. The van der Waals surface area contributed by atoms with Gasteiger partial charge in [-0.25, -0.2) is 0 Å². The predicted molar refractivity (Wildman–Crippen MR) is 104 cm³/mol. The standard InChI is InChI=1S/C22H27NO2/c1-5-19-10-9-16(2)13-21(19)22(25)23(4)15-18-7-6-8-20(14-18)17(3)11-12-24/h5-10,13-14,17,24H,1,11-12,15H2,2-4H3. The molecule has 0 radical (unpaired) electrons. The third-order valence-electron chi connectivity index (χ3n) is 4.51. The highest BCUT2D eigenvalue weighted by atomic mass is 16.3. The molecule has 3 nitrogen and oxygen atoms in total. The second kappa shape index (κ2) is 8.63. The number of aliphatic hydroxyl groups is 1. The average Bonchev–Trinajstić information content (AvgIpc) is 2.61. The Balaban J connectivity index is 2.18. The molecule has 2 aromatic carbocycles. The van der Waals surface area contributed by atoms with Gasteiger partial charge in [-0.3, -0.25) is 4.79 Å². The maximum absolute atomic E-state index is 12.8. The van der Waals surface area contributed by atoms with E-state index in [0.29, 0.717) is 18.0 Å². The van der Waals surface area contributed by atoms with Crippen LogP contribution in [0, 0.1) is 6.92 Å².